The molecule has 1 aromatic heterocycles. The minimum atomic E-state index is -0.265. The van der Waals surface area contributed by atoms with Gasteiger partial charge in [0, 0.05) is 31.6 Å². The highest BCUT2D eigenvalue weighted by Gasteiger charge is 2.25. The first-order valence-electron chi connectivity index (χ1n) is 8.31. The van der Waals surface area contributed by atoms with Gasteiger partial charge < -0.3 is 15.4 Å². The SMILES string of the molecule is Cc1nc(C2CCCN(CC(N)=O)C2)cc(N2CCOCC2)n1. The molecule has 3 rings (SSSR count). The number of primary amides is 1. The molecule has 2 N–H and O–H groups in total. The average Bonchev–Trinajstić information content (AvgIpc) is 2.55. The molecule has 1 amide bonds. The van der Waals surface area contributed by atoms with Gasteiger partial charge in [-0.25, -0.2) is 9.97 Å². The summed E-state index contributed by atoms with van der Waals surface area (Å²) in [6.45, 7) is 7.27. The quantitative estimate of drug-likeness (QED) is 0.858. The van der Waals surface area contributed by atoms with Crippen LogP contribution in [0.15, 0.2) is 6.07 Å². The number of anilines is 1. The van der Waals surface area contributed by atoms with Crippen LogP contribution in [0.25, 0.3) is 0 Å². The average molecular weight is 319 g/mol. The Morgan fingerprint density at radius 3 is 2.87 bits per heavy atom. The number of amides is 1. The van der Waals surface area contributed by atoms with Gasteiger partial charge in [-0.15, -0.1) is 0 Å². The molecule has 2 aliphatic rings. The third kappa shape index (κ3) is 4.17. The summed E-state index contributed by atoms with van der Waals surface area (Å²) < 4.78 is 5.41. The van der Waals surface area contributed by atoms with Crippen LogP contribution in [0.3, 0.4) is 0 Å². The van der Waals surface area contributed by atoms with Gasteiger partial charge in [0.1, 0.15) is 11.6 Å². The lowest BCUT2D eigenvalue weighted by molar-refractivity contribution is -0.119. The van der Waals surface area contributed by atoms with E-state index in [0.717, 1.165) is 69.6 Å². The lowest BCUT2D eigenvalue weighted by Gasteiger charge is -2.32. The second kappa shape index (κ2) is 7.23. The first-order chi connectivity index (χ1) is 11.1. The molecule has 126 valence electrons. The van der Waals surface area contributed by atoms with Gasteiger partial charge >= 0.3 is 0 Å². The van der Waals surface area contributed by atoms with Crippen molar-refractivity contribution in [2.45, 2.75) is 25.7 Å². The first-order valence-corrected chi connectivity index (χ1v) is 8.31. The number of likely N-dealkylation sites (tertiary alicyclic amines) is 1. The molecule has 0 spiro atoms. The maximum Gasteiger partial charge on any atom is 0.231 e. The minimum Gasteiger partial charge on any atom is -0.378 e. The van der Waals surface area contributed by atoms with Crippen LogP contribution >= 0.6 is 0 Å². The van der Waals surface area contributed by atoms with Gasteiger partial charge in [0.15, 0.2) is 0 Å². The Morgan fingerprint density at radius 2 is 2.13 bits per heavy atom. The van der Waals surface area contributed by atoms with Gasteiger partial charge in [0.05, 0.1) is 25.5 Å². The van der Waals surface area contributed by atoms with Crippen molar-refractivity contribution in [1.29, 1.82) is 0 Å². The number of nitrogens with zero attached hydrogens (tertiary/aromatic N) is 4. The van der Waals surface area contributed by atoms with E-state index in [4.69, 9.17) is 10.5 Å². The molecule has 1 aromatic rings. The van der Waals surface area contributed by atoms with E-state index in [1.807, 2.05) is 6.92 Å². The highest BCUT2D eigenvalue weighted by Crippen LogP contribution is 2.27. The molecule has 1 unspecified atom stereocenters. The van der Waals surface area contributed by atoms with Gasteiger partial charge in [-0.3, -0.25) is 9.69 Å². The van der Waals surface area contributed by atoms with E-state index >= 15 is 0 Å². The first kappa shape index (κ1) is 16.1. The highest BCUT2D eigenvalue weighted by molar-refractivity contribution is 5.75. The molecule has 2 fully saturated rings. The molecule has 7 nitrogen and oxygen atoms in total. The fourth-order valence-corrected chi connectivity index (χ4v) is 3.40. The summed E-state index contributed by atoms with van der Waals surface area (Å²) in [5.74, 6) is 1.86. The lowest BCUT2D eigenvalue weighted by Crippen LogP contribution is -2.40. The number of carbonyl (C=O) groups excluding carboxylic acids is 1. The van der Waals surface area contributed by atoms with Crippen LogP contribution in [0.4, 0.5) is 5.82 Å². The van der Waals surface area contributed by atoms with Gasteiger partial charge in [-0.2, -0.15) is 0 Å². The lowest BCUT2D eigenvalue weighted by atomic mass is 9.94. The van der Waals surface area contributed by atoms with Crippen LogP contribution < -0.4 is 10.6 Å². The van der Waals surface area contributed by atoms with Crippen molar-refractivity contribution < 1.29 is 9.53 Å². The van der Waals surface area contributed by atoms with Crippen LogP contribution in [0.5, 0.6) is 0 Å². The Labute approximate surface area is 136 Å². The number of nitrogens with two attached hydrogens (primary N) is 1. The fourth-order valence-electron chi connectivity index (χ4n) is 3.40. The molecule has 0 bridgehead atoms. The zero-order chi connectivity index (χ0) is 16.2. The largest absolute Gasteiger partial charge is 0.378 e. The molecule has 7 heteroatoms. The maximum absolute atomic E-state index is 11.2. The number of hydrogen-bond donors (Lipinski definition) is 1. The van der Waals surface area contributed by atoms with E-state index in [9.17, 15) is 4.79 Å². The van der Waals surface area contributed by atoms with Gasteiger partial charge in [-0.1, -0.05) is 0 Å². The number of piperidine rings is 1. The molecule has 2 saturated heterocycles. The van der Waals surface area contributed by atoms with Crippen LogP contribution in [0.1, 0.15) is 30.3 Å². The van der Waals surface area contributed by atoms with E-state index in [1.54, 1.807) is 0 Å². The number of rotatable bonds is 4. The number of hydrogen-bond acceptors (Lipinski definition) is 6. The zero-order valence-corrected chi connectivity index (χ0v) is 13.7. The fraction of sp³-hybridized carbons (Fsp3) is 0.688. The van der Waals surface area contributed by atoms with Crippen molar-refractivity contribution in [2.75, 3.05) is 50.8 Å². The molecule has 3 heterocycles. The molecular formula is C16H25N5O2. The number of morpholine rings is 1. The van der Waals surface area contributed by atoms with E-state index < -0.39 is 0 Å². The smallest absolute Gasteiger partial charge is 0.231 e. The second-order valence-electron chi connectivity index (χ2n) is 6.34. The van der Waals surface area contributed by atoms with Gasteiger partial charge in [0.2, 0.25) is 5.91 Å². The van der Waals surface area contributed by atoms with Gasteiger partial charge in [-0.05, 0) is 26.3 Å². The van der Waals surface area contributed by atoms with E-state index in [2.05, 4.69) is 25.8 Å². The van der Waals surface area contributed by atoms with Gasteiger partial charge in [0.25, 0.3) is 0 Å². The van der Waals surface area contributed by atoms with Crippen LogP contribution in [-0.2, 0) is 9.53 Å². The van der Waals surface area contributed by atoms with Crippen molar-refractivity contribution in [3.8, 4) is 0 Å². The van der Waals surface area contributed by atoms with Crippen molar-refractivity contribution in [3.63, 3.8) is 0 Å². The highest BCUT2D eigenvalue weighted by atomic mass is 16.5. The van der Waals surface area contributed by atoms with Crippen molar-refractivity contribution in [1.82, 2.24) is 14.9 Å². The summed E-state index contributed by atoms with van der Waals surface area (Å²) in [5.41, 5.74) is 6.41. The van der Waals surface area contributed by atoms with Crippen molar-refractivity contribution >= 4 is 11.7 Å². The summed E-state index contributed by atoms with van der Waals surface area (Å²) >= 11 is 0. The Kier molecular flexibility index (Phi) is 5.07. The number of ether oxygens (including phenoxy) is 1. The molecule has 2 aliphatic heterocycles. The molecule has 23 heavy (non-hydrogen) atoms. The van der Waals surface area contributed by atoms with E-state index in [0.29, 0.717) is 12.5 Å². The van der Waals surface area contributed by atoms with E-state index in [1.165, 1.54) is 0 Å². The van der Waals surface area contributed by atoms with Crippen LogP contribution in [0, 0.1) is 6.92 Å². The zero-order valence-electron chi connectivity index (χ0n) is 13.7. The summed E-state index contributed by atoms with van der Waals surface area (Å²) in [6.07, 6.45) is 2.15. The number of aryl methyl sites for hydroxylation is 1. The molecular weight excluding hydrogens is 294 g/mol. The maximum atomic E-state index is 11.2. The topological polar surface area (TPSA) is 84.6 Å². The molecule has 0 radical (unpaired) electrons. The molecule has 0 saturated carbocycles. The monoisotopic (exact) mass is 319 g/mol. The molecule has 0 aliphatic carbocycles. The summed E-state index contributed by atoms with van der Waals surface area (Å²) in [4.78, 5) is 24.8. The third-order valence-corrected chi connectivity index (χ3v) is 4.48. The van der Waals surface area contributed by atoms with E-state index in [-0.39, 0.29) is 5.91 Å². The summed E-state index contributed by atoms with van der Waals surface area (Å²) in [6, 6.07) is 2.11. The predicted molar refractivity (Wildman–Crippen MR) is 87.4 cm³/mol. The molecule has 1 atom stereocenters. The standard InChI is InChI=1S/C16H25N5O2/c1-12-18-14(9-16(19-12)21-5-7-23-8-6-21)13-3-2-4-20(10-13)11-15(17)22/h9,13H,2-8,10-11H2,1H3,(H2,17,22). The summed E-state index contributed by atoms with van der Waals surface area (Å²) in [7, 11) is 0. The Morgan fingerprint density at radius 1 is 1.35 bits per heavy atom. The Balaban J connectivity index is 1.76. The van der Waals surface area contributed by atoms with Crippen LogP contribution in [-0.4, -0.2) is 66.7 Å². The second-order valence-corrected chi connectivity index (χ2v) is 6.34. The van der Waals surface area contributed by atoms with Crippen molar-refractivity contribution in [2.24, 2.45) is 5.73 Å². The number of carbonyl (C=O) groups is 1. The van der Waals surface area contributed by atoms with Crippen LogP contribution in [0.2, 0.25) is 0 Å². The normalized spacial score (nSPS) is 23.0. The Hall–Kier alpha value is -1.73. The summed E-state index contributed by atoms with van der Waals surface area (Å²) in [5, 5.41) is 0. The molecule has 0 aromatic carbocycles. The Bertz CT molecular complexity index is 559. The number of aromatic nitrogens is 2. The predicted octanol–water partition coefficient (Wildman–Crippen LogP) is 0.286. The minimum absolute atomic E-state index is 0.265. The van der Waals surface area contributed by atoms with Crippen molar-refractivity contribution in [3.05, 3.63) is 17.6 Å². The third-order valence-electron chi connectivity index (χ3n) is 4.48.